The van der Waals surface area contributed by atoms with E-state index in [2.05, 4.69) is 0 Å². The van der Waals surface area contributed by atoms with Gasteiger partial charge in [-0.1, -0.05) is 36.2 Å². The lowest BCUT2D eigenvalue weighted by Gasteiger charge is -2.07. The first-order chi connectivity index (χ1) is 6.50. The summed E-state index contributed by atoms with van der Waals surface area (Å²) in [5.41, 5.74) is 0.811. The Hall–Kier alpha value is -0.730. The van der Waals surface area contributed by atoms with Crippen molar-refractivity contribution in [3.05, 3.63) is 33.8 Å². The zero-order valence-corrected chi connectivity index (χ0v) is 9.14. The molecule has 1 aromatic rings. The lowest BCUT2D eigenvalue weighted by molar-refractivity contribution is -0.141. The quantitative estimate of drug-likeness (QED) is 0.869. The molecule has 0 heterocycles. The van der Waals surface area contributed by atoms with Crippen LogP contribution in [0.5, 0.6) is 0 Å². The topological polar surface area (TPSA) is 37.3 Å². The summed E-state index contributed by atoms with van der Waals surface area (Å²) >= 11 is 11.6. The molecule has 0 aliphatic heterocycles. The predicted molar refractivity (Wildman–Crippen MR) is 57.0 cm³/mol. The van der Waals surface area contributed by atoms with Crippen LogP contribution in [0, 0.1) is 5.92 Å². The molecule has 1 N–H and O–H groups in total. The van der Waals surface area contributed by atoms with Crippen LogP contribution >= 0.6 is 23.2 Å². The summed E-state index contributed by atoms with van der Waals surface area (Å²) in [5, 5.41) is 9.80. The first-order valence-electron chi connectivity index (χ1n) is 4.17. The second-order valence-corrected chi connectivity index (χ2v) is 4.02. The minimum Gasteiger partial charge on any atom is -0.481 e. The maximum Gasteiger partial charge on any atom is 0.306 e. The number of halogens is 2. The highest BCUT2D eigenvalue weighted by molar-refractivity contribution is 6.35. The third-order valence-electron chi connectivity index (χ3n) is 1.96. The summed E-state index contributed by atoms with van der Waals surface area (Å²) in [6.45, 7) is 1.65. The summed E-state index contributed by atoms with van der Waals surface area (Å²) in [6, 6.07) is 5.08. The molecule has 1 aromatic carbocycles. The molecule has 2 nitrogen and oxygen atoms in total. The maximum atomic E-state index is 10.6. The van der Waals surface area contributed by atoms with E-state index in [1.165, 1.54) is 0 Å². The number of carboxylic acids is 1. The minimum atomic E-state index is -0.823. The molecule has 0 saturated carbocycles. The summed E-state index contributed by atoms with van der Waals surface area (Å²) in [6.07, 6.45) is 0.422. The van der Waals surface area contributed by atoms with Gasteiger partial charge in [0.05, 0.1) is 5.92 Å². The van der Waals surface area contributed by atoms with Gasteiger partial charge in [-0.15, -0.1) is 0 Å². The van der Waals surface area contributed by atoms with Crippen LogP contribution in [0.25, 0.3) is 0 Å². The fourth-order valence-corrected chi connectivity index (χ4v) is 1.59. The molecule has 0 aliphatic carbocycles. The van der Waals surface area contributed by atoms with Crippen LogP contribution in [-0.2, 0) is 11.2 Å². The van der Waals surface area contributed by atoms with Crippen molar-refractivity contribution in [1.82, 2.24) is 0 Å². The minimum absolute atomic E-state index is 0.422. The van der Waals surface area contributed by atoms with Crippen molar-refractivity contribution >= 4 is 29.2 Å². The largest absolute Gasteiger partial charge is 0.481 e. The molecule has 0 bridgehead atoms. The first kappa shape index (κ1) is 11.3. The van der Waals surface area contributed by atoms with Crippen LogP contribution in [0.15, 0.2) is 18.2 Å². The summed E-state index contributed by atoms with van der Waals surface area (Å²) in [4.78, 5) is 10.6. The van der Waals surface area contributed by atoms with Gasteiger partial charge in [0, 0.05) is 10.0 Å². The summed E-state index contributed by atoms with van der Waals surface area (Å²) in [5.74, 6) is -1.26. The van der Waals surface area contributed by atoms with Gasteiger partial charge in [0.1, 0.15) is 0 Å². The Morgan fingerprint density at radius 3 is 2.64 bits per heavy atom. The second-order valence-electron chi connectivity index (χ2n) is 3.18. The Morgan fingerprint density at radius 1 is 1.50 bits per heavy atom. The van der Waals surface area contributed by atoms with Crippen molar-refractivity contribution in [2.75, 3.05) is 0 Å². The third kappa shape index (κ3) is 2.89. The van der Waals surface area contributed by atoms with Crippen LogP contribution in [-0.4, -0.2) is 11.1 Å². The molecule has 0 aromatic heterocycles. The van der Waals surface area contributed by atoms with Crippen molar-refractivity contribution in [2.45, 2.75) is 13.3 Å². The monoisotopic (exact) mass is 232 g/mol. The Bertz CT molecular complexity index is 350. The van der Waals surface area contributed by atoms with E-state index in [4.69, 9.17) is 28.3 Å². The van der Waals surface area contributed by atoms with E-state index in [1.54, 1.807) is 25.1 Å². The number of carboxylic acid groups (broad SMARTS) is 1. The van der Waals surface area contributed by atoms with Gasteiger partial charge in [0.2, 0.25) is 0 Å². The van der Waals surface area contributed by atoms with Gasteiger partial charge in [0.15, 0.2) is 0 Å². The van der Waals surface area contributed by atoms with Crippen molar-refractivity contribution in [2.24, 2.45) is 5.92 Å². The fourth-order valence-electron chi connectivity index (χ4n) is 1.10. The number of aliphatic carboxylic acids is 1. The number of hydrogen-bond acceptors (Lipinski definition) is 1. The van der Waals surface area contributed by atoms with Crippen molar-refractivity contribution in [3.8, 4) is 0 Å². The number of rotatable bonds is 3. The molecule has 0 spiro atoms. The van der Waals surface area contributed by atoms with Gasteiger partial charge < -0.3 is 5.11 Å². The van der Waals surface area contributed by atoms with Gasteiger partial charge in [-0.25, -0.2) is 0 Å². The smallest absolute Gasteiger partial charge is 0.306 e. The number of benzene rings is 1. The van der Waals surface area contributed by atoms with E-state index in [9.17, 15) is 4.79 Å². The molecule has 1 rings (SSSR count). The fraction of sp³-hybridized carbons (Fsp3) is 0.300. The van der Waals surface area contributed by atoms with Crippen LogP contribution in [0.1, 0.15) is 12.5 Å². The van der Waals surface area contributed by atoms with E-state index in [0.717, 1.165) is 5.56 Å². The van der Waals surface area contributed by atoms with Crippen molar-refractivity contribution in [3.63, 3.8) is 0 Å². The van der Waals surface area contributed by atoms with Crippen LogP contribution in [0.4, 0.5) is 0 Å². The molecule has 14 heavy (non-hydrogen) atoms. The molecule has 0 unspecified atom stereocenters. The van der Waals surface area contributed by atoms with Crippen LogP contribution in [0.2, 0.25) is 10.0 Å². The molecule has 76 valence electrons. The van der Waals surface area contributed by atoms with Gasteiger partial charge in [-0.2, -0.15) is 0 Å². The zero-order chi connectivity index (χ0) is 10.7. The molecule has 0 fully saturated rings. The summed E-state index contributed by atoms with van der Waals surface area (Å²) in [7, 11) is 0. The van der Waals surface area contributed by atoms with E-state index in [0.29, 0.717) is 16.5 Å². The highest BCUT2D eigenvalue weighted by Gasteiger charge is 2.13. The van der Waals surface area contributed by atoms with Crippen molar-refractivity contribution in [1.29, 1.82) is 0 Å². The Kier molecular flexibility index (Phi) is 3.78. The molecule has 0 radical (unpaired) electrons. The molecule has 0 saturated heterocycles. The first-order valence-corrected chi connectivity index (χ1v) is 4.93. The Morgan fingerprint density at radius 2 is 2.14 bits per heavy atom. The highest BCUT2D eigenvalue weighted by atomic mass is 35.5. The molecule has 0 amide bonds. The normalized spacial score (nSPS) is 12.5. The molecular weight excluding hydrogens is 223 g/mol. The van der Waals surface area contributed by atoms with Crippen molar-refractivity contribution < 1.29 is 9.90 Å². The zero-order valence-electron chi connectivity index (χ0n) is 7.63. The van der Waals surface area contributed by atoms with Gasteiger partial charge in [-0.3, -0.25) is 4.79 Å². The lowest BCUT2D eigenvalue weighted by Crippen LogP contribution is -2.12. The standard InChI is InChI=1S/C10H10Cl2O2/c1-6(10(13)14)4-7-2-3-8(11)5-9(7)12/h2-3,5-6H,4H2,1H3,(H,13,14)/t6-/m1/s1. The van der Waals surface area contributed by atoms with Crippen LogP contribution in [0.3, 0.4) is 0 Å². The van der Waals surface area contributed by atoms with E-state index in [1.807, 2.05) is 0 Å². The third-order valence-corrected chi connectivity index (χ3v) is 2.55. The SMILES string of the molecule is C[C@H](Cc1ccc(Cl)cc1Cl)C(=O)O. The summed E-state index contributed by atoms with van der Waals surface area (Å²) < 4.78 is 0. The Labute approximate surface area is 92.5 Å². The molecule has 4 heteroatoms. The van der Waals surface area contributed by atoms with Crippen LogP contribution < -0.4 is 0 Å². The maximum absolute atomic E-state index is 10.6. The number of carbonyl (C=O) groups is 1. The predicted octanol–water partition coefficient (Wildman–Crippen LogP) is 3.26. The van der Waals surface area contributed by atoms with E-state index in [-0.39, 0.29) is 0 Å². The molecular formula is C10H10Cl2O2. The van der Waals surface area contributed by atoms with E-state index >= 15 is 0 Å². The van der Waals surface area contributed by atoms with Gasteiger partial charge in [-0.05, 0) is 24.1 Å². The molecule has 1 atom stereocenters. The van der Waals surface area contributed by atoms with E-state index < -0.39 is 11.9 Å². The Balaban J connectivity index is 2.82. The average Bonchev–Trinajstić information content (AvgIpc) is 2.09. The average molecular weight is 233 g/mol. The second kappa shape index (κ2) is 4.67. The van der Waals surface area contributed by atoms with Gasteiger partial charge in [0.25, 0.3) is 0 Å². The number of hydrogen-bond donors (Lipinski definition) is 1. The molecule has 0 aliphatic rings. The lowest BCUT2D eigenvalue weighted by atomic mass is 10.0. The van der Waals surface area contributed by atoms with Gasteiger partial charge >= 0.3 is 5.97 Å². The highest BCUT2D eigenvalue weighted by Crippen LogP contribution is 2.23.